The summed E-state index contributed by atoms with van der Waals surface area (Å²) >= 11 is 0. The lowest BCUT2D eigenvalue weighted by atomic mass is 9.93. The number of nitrogens with one attached hydrogen (secondary N) is 1. The molecule has 0 bridgehead atoms. The van der Waals surface area contributed by atoms with Crippen molar-refractivity contribution < 1.29 is 4.79 Å². The molecule has 2 nitrogen and oxygen atoms in total. The molecular weight excluding hydrogens is 198 g/mol. The molecule has 0 heterocycles. The Balaban J connectivity index is 0.000000292. The van der Waals surface area contributed by atoms with Crippen LogP contribution in [0.15, 0.2) is 42.5 Å². The Bertz CT molecular complexity index is 573. The highest BCUT2D eigenvalue weighted by Gasteiger charge is 2.06. The van der Waals surface area contributed by atoms with Gasteiger partial charge < -0.3 is 0 Å². The van der Waals surface area contributed by atoms with Crippen LogP contribution in [-0.2, 0) is 11.2 Å². The van der Waals surface area contributed by atoms with Gasteiger partial charge in [0.1, 0.15) is 0 Å². The van der Waals surface area contributed by atoms with Crippen molar-refractivity contribution in [2.45, 2.75) is 6.42 Å². The van der Waals surface area contributed by atoms with Gasteiger partial charge in [0.25, 0.3) is 0 Å². The predicted molar refractivity (Wildman–Crippen MR) is 65.1 cm³/mol. The minimum atomic E-state index is 0.750. The van der Waals surface area contributed by atoms with Gasteiger partial charge in [-0.1, -0.05) is 48.6 Å². The molecule has 0 atom stereocenters. The van der Waals surface area contributed by atoms with Gasteiger partial charge in [-0.2, -0.15) is 0 Å². The van der Waals surface area contributed by atoms with Crippen LogP contribution in [0.4, 0.5) is 0 Å². The molecule has 1 aliphatic rings. The number of hydrogen-bond donors (Lipinski definition) is 1. The Hall–Kier alpha value is -2.18. The minimum absolute atomic E-state index is 0.750. The third-order valence-electron chi connectivity index (χ3n) is 2.66. The third kappa shape index (κ3) is 1.79. The number of carbonyl (C=O) groups excluding carboxylic acids is 1. The molecule has 2 heteroatoms. The molecule has 0 saturated carbocycles. The van der Waals surface area contributed by atoms with E-state index in [1.54, 1.807) is 0 Å². The van der Waals surface area contributed by atoms with Crippen LogP contribution in [0.25, 0.3) is 16.8 Å². The van der Waals surface area contributed by atoms with E-state index in [1.807, 2.05) is 0 Å². The smallest absolute Gasteiger partial charge is 0.222 e. The molecular formula is C14H11NO. The Morgan fingerprint density at radius 1 is 1.12 bits per heavy atom. The summed E-state index contributed by atoms with van der Waals surface area (Å²) in [5, 5.41) is 8.20. The van der Waals surface area contributed by atoms with Gasteiger partial charge in [0.15, 0.2) is 0 Å². The fourth-order valence-electron chi connectivity index (χ4n) is 2.07. The van der Waals surface area contributed by atoms with E-state index in [0.29, 0.717) is 0 Å². The van der Waals surface area contributed by atoms with E-state index in [9.17, 15) is 0 Å². The monoisotopic (exact) mass is 209 g/mol. The molecule has 1 aliphatic carbocycles. The van der Waals surface area contributed by atoms with Crippen molar-refractivity contribution in [3.05, 3.63) is 53.6 Å². The average Bonchev–Trinajstić information content (AvgIpc) is 2.31. The second kappa shape index (κ2) is 4.56. The van der Waals surface area contributed by atoms with Crippen LogP contribution in [0.5, 0.6) is 0 Å². The Morgan fingerprint density at radius 3 is 2.56 bits per heavy atom. The Labute approximate surface area is 93.7 Å². The van der Waals surface area contributed by atoms with Crippen molar-refractivity contribution in [1.29, 1.82) is 5.41 Å². The summed E-state index contributed by atoms with van der Waals surface area (Å²) in [6.07, 6.45) is 6.28. The molecule has 78 valence electrons. The van der Waals surface area contributed by atoms with E-state index in [2.05, 4.69) is 48.6 Å². The molecule has 0 amide bonds. The summed E-state index contributed by atoms with van der Waals surface area (Å²) in [6, 6.07) is 13.0. The van der Waals surface area contributed by atoms with Crippen LogP contribution in [0, 0.1) is 5.41 Å². The Morgan fingerprint density at radius 2 is 1.81 bits per heavy atom. The normalized spacial score (nSPS) is 11.5. The molecule has 2 aromatic carbocycles. The van der Waals surface area contributed by atoms with Gasteiger partial charge in [-0.25, -0.2) is 10.2 Å². The summed E-state index contributed by atoms with van der Waals surface area (Å²) in [5.41, 5.74) is 2.81. The van der Waals surface area contributed by atoms with E-state index >= 15 is 0 Å². The van der Waals surface area contributed by atoms with Crippen LogP contribution < -0.4 is 0 Å². The van der Waals surface area contributed by atoms with Crippen molar-refractivity contribution in [2.75, 3.05) is 0 Å². The number of hydrogen-bond acceptors (Lipinski definition) is 2. The quantitative estimate of drug-likeness (QED) is 0.525. The average molecular weight is 209 g/mol. The van der Waals surface area contributed by atoms with E-state index in [0.717, 1.165) is 12.5 Å². The van der Waals surface area contributed by atoms with Crippen LogP contribution in [0.3, 0.4) is 0 Å². The highest BCUT2D eigenvalue weighted by atomic mass is 16.1. The number of rotatable bonds is 0. The number of benzene rings is 2. The van der Waals surface area contributed by atoms with Gasteiger partial charge in [0.05, 0.1) is 0 Å². The second-order valence-corrected chi connectivity index (χ2v) is 3.57. The fraction of sp³-hybridized carbons (Fsp3) is 0.0714. The first-order valence-electron chi connectivity index (χ1n) is 5.08. The lowest BCUT2D eigenvalue weighted by Gasteiger charge is -2.11. The molecule has 0 saturated heterocycles. The second-order valence-electron chi connectivity index (χ2n) is 3.57. The summed E-state index contributed by atoms with van der Waals surface area (Å²) in [6.45, 7) is 0. The maximum Gasteiger partial charge on any atom is 0.231 e. The van der Waals surface area contributed by atoms with Crippen molar-refractivity contribution in [2.24, 2.45) is 0 Å². The summed E-state index contributed by atoms with van der Waals surface area (Å²) in [7, 11) is 0. The molecule has 3 rings (SSSR count). The topological polar surface area (TPSA) is 40.9 Å². The van der Waals surface area contributed by atoms with Crippen molar-refractivity contribution in [1.82, 2.24) is 0 Å². The van der Waals surface area contributed by atoms with Gasteiger partial charge in [0, 0.05) is 0 Å². The summed E-state index contributed by atoms with van der Waals surface area (Å²) in [5.74, 6) is 0. The molecule has 0 aromatic heterocycles. The Kier molecular flexibility index (Phi) is 2.95. The highest BCUT2D eigenvalue weighted by Crippen LogP contribution is 2.27. The first-order chi connectivity index (χ1) is 7.86. The van der Waals surface area contributed by atoms with E-state index in [4.69, 9.17) is 10.2 Å². The summed E-state index contributed by atoms with van der Waals surface area (Å²) in [4.78, 5) is 8.35. The molecule has 16 heavy (non-hydrogen) atoms. The van der Waals surface area contributed by atoms with Gasteiger partial charge in [-0.05, 0) is 28.3 Å². The van der Waals surface area contributed by atoms with Gasteiger partial charge in [0.2, 0.25) is 6.08 Å². The molecule has 0 aliphatic heterocycles. The van der Waals surface area contributed by atoms with Crippen molar-refractivity contribution in [3.63, 3.8) is 0 Å². The standard InChI is InChI=1S/C13H10.CHNO/c1-4-10-6-2-8-12-9-3-7-11(5-1)13(10)12;2-1-3/h1-8H,9H2;2H. The fourth-order valence-corrected chi connectivity index (χ4v) is 2.07. The molecule has 0 fully saturated rings. The van der Waals surface area contributed by atoms with Crippen LogP contribution in [0.1, 0.15) is 11.1 Å². The van der Waals surface area contributed by atoms with E-state index in [1.165, 1.54) is 21.9 Å². The number of allylic oxidation sites excluding steroid dienone is 1. The number of isocyanates is 1. The van der Waals surface area contributed by atoms with Gasteiger partial charge in [-0.3, -0.25) is 0 Å². The van der Waals surface area contributed by atoms with E-state index in [-0.39, 0.29) is 0 Å². The lowest BCUT2D eigenvalue weighted by Crippen LogP contribution is -1.91. The first kappa shape index (κ1) is 10.3. The van der Waals surface area contributed by atoms with Crippen LogP contribution in [0.2, 0.25) is 0 Å². The zero-order valence-corrected chi connectivity index (χ0v) is 8.73. The zero-order chi connectivity index (χ0) is 11.4. The molecule has 0 spiro atoms. The molecule has 2 aromatic rings. The maximum absolute atomic E-state index is 8.35. The predicted octanol–water partition coefficient (Wildman–Crippen LogP) is 3.31. The highest BCUT2D eigenvalue weighted by molar-refractivity contribution is 5.94. The SMILES string of the molecule is C1=Cc2cccc3cccc(c23)C1.N=C=O. The lowest BCUT2D eigenvalue weighted by molar-refractivity contribution is 0.563. The summed E-state index contributed by atoms with van der Waals surface area (Å²) < 4.78 is 0. The van der Waals surface area contributed by atoms with Crippen LogP contribution in [-0.4, -0.2) is 6.08 Å². The molecule has 0 radical (unpaired) electrons. The van der Waals surface area contributed by atoms with Gasteiger partial charge in [-0.15, -0.1) is 0 Å². The minimum Gasteiger partial charge on any atom is -0.222 e. The van der Waals surface area contributed by atoms with E-state index < -0.39 is 0 Å². The van der Waals surface area contributed by atoms with Crippen LogP contribution >= 0.6 is 0 Å². The zero-order valence-electron chi connectivity index (χ0n) is 8.73. The van der Waals surface area contributed by atoms with Crippen molar-refractivity contribution in [3.8, 4) is 0 Å². The largest absolute Gasteiger partial charge is 0.231 e. The molecule has 1 N–H and O–H groups in total. The molecule has 0 unspecified atom stereocenters. The first-order valence-corrected chi connectivity index (χ1v) is 5.08. The third-order valence-corrected chi connectivity index (χ3v) is 2.66. The van der Waals surface area contributed by atoms with Gasteiger partial charge >= 0.3 is 0 Å². The van der Waals surface area contributed by atoms with Crippen molar-refractivity contribution >= 4 is 22.9 Å². The maximum atomic E-state index is 8.35.